The molecule has 0 aliphatic heterocycles. The Morgan fingerprint density at radius 1 is 1.23 bits per heavy atom. The van der Waals surface area contributed by atoms with Crippen molar-refractivity contribution >= 4 is 34.8 Å². The van der Waals surface area contributed by atoms with Crippen LogP contribution in [0.15, 0.2) is 28.6 Å². The first-order chi connectivity index (χ1) is 16.9. The SMILES string of the molecule is CNc1nc(NCCN)c(/N=N\c2nn(CCOC)cc2C#N)c(Nc2c(C)cc(C)cc2O)n1. The van der Waals surface area contributed by atoms with Crippen LogP contribution in [0.5, 0.6) is 5.75 Å². The molecule has 0 aliphatic rings. The van der Waals surface area contributed by atoms with E-state index >= 15 is 0 Å². The predicted octanol–water partition coefficient (Wildman–Crippen LogP) is 3.08. The predicted molar refractivity (Wildman–Crippen MR) is 133 cm³/mol. The summed E-state index contributed by atoms with van der Waals surface area (Å²) in [5, 5.41) is 42.1. The van der Waals surface area contributed by atoms with E-state index < -0.39 is 0 Å². The van der Waals surface area contributed by atoms with Crippen molar-refractivity contribution < 1.29 is 9.84 Å². The first-order valence-corrected chi connectivity index (χ1v) is 10.9. The number of phenols is 1. The summed E-state index contributed by atoms with van der Waals surface area (Å²) in [6.45, 7) is 5.44. The van der Waals surface area contributed by atoms with E-state index in [1.807, 2.05) is 19.9 Å². The van der Waals surface area contributed by atoms with Crippen LogP contribution < -0.4 is 21.7 Å². The van der Waals surface area contributed by atoms with Crippen LogP contribution in [0.3, 0.4) is 0 Å². The van der Waals surface area contributed by atoms with Gasteiger partial charge in [-0.25, -0.2) is 0 Å². The second kappa shape index (κ2) is 11.7. The number of nitriles is 1. The lowest BCUT2D eigenvalue weighted by Crippen LogP contribution is -2.15. The van der Waals surface area contributed by atoms with E-state index in [1.165, 1.54) is 0 Å². The van der Waals surface area contributed by atoms with Crippen LogP contribution >= 0.6 is 0 Å². The Bertz CT molecular complexity index is 1220. The van der Waals surface area contributed by atoms with Gasteiger partial charge in [0.1, 0.15) is 17.4 Å². The highest BCUT2D eigenvalue weighted by Gasteiger charge is 2.18. The summed E-state index contributed by atoms with van der Waals surface area (Å²) in [6.07, 6.45) is 1.58. The number of aryl methyl sites for hydroxylation is 2. The van der Waals surface area contributed by atoms with Gasteiger partial charge < -0.3 is 31.5 Å². The maximum absolute atomic E-state index is 10.5. The van der Waals surface area contributed by atoms with Crippen molar-refractivity contribution in [3.8, 4) is 11.8 Å². The summed E-state index contributed by atoms with van der Waals surface area (Å²) in [5.74, 6) is 1.17. The Morgan fingerprint density at radius 2 is 2.00 bits per heavy atom. The molecule has 0 unspecified atom stereocenters. The summed E-state index contributed by atoms with van der Waals surface area (Å²) >= 11 is 0. The molecule has 13 heteroatoms. The molecule has 35 heavy (non-hydrogen) atoms. The summed E-state index contributed by atoms with van der Waals surface area (Å²) in [6, 6.07) is 5.65. The second-order valence-corrected chi connectivity index (χ2v) is 7.59. The van der Waals surface area contributed by atoms with E-state index in [0.717, 1.165) is 11.1 Å². The number of ether oxygens (including phenoxy) is 1. The minimum atomic E-state index is 0.0649. The monoisotopic (exact) mass is 479 g/mol. The quantitative estimate of drug-likeness (QED) is 0.202. The van der Waals surface area contributed by atoms with Crippen LogP contribution in [-0.4, -0.2) is 58.7 Å². The fraction of sp³-hybridized carbons (Fsp3) is 0.364. The summed E-state index contributed by atoms with van der Waals surface area (Å²) in [5.41, 5.74) is 8.40. The maximum Gasteiger partial charge on any atom is 0.226 e. The van der Waals surface area contributed by atoms with Crippen molar-refractivity contribution in [1.29, 1.82) is 5.26 Å². The highest BCUT2D eigenvalue weighted by molar-refractivity contribution is 5.81. The average molecular weight is 480 g/mol. The molecule has 0 aliphatic carbocycles. The minimum Gasteiger partial charge on any atom is -0.506 e. The molecule has 184 valence electrons. The van der Waals surface area contributed by atoms with E-state index in [9.17, 15) is 10.4 Å². The maximum atomic E-state index is 10.5. The van der Waals surface area contributed by atoms with Crippen LogP contribution in [0.2, 0.25) is 0 Å². The van der Waals surface area contributed by atoms with E-state index in [2.05, 4.69) is 47.3 Å². The lowest BCUT2D eigenvalue weighted by Gasteiger charge is -2.16. The Kier molecular flexibility index (Phi) is 8.49. The molecule has 0 amide bonds. The van der Waals surface area contributed by atoms with Crippen LogP contribution in [-0.2, 0) is 11.3 Å². The Morgan fingerprint density at radius 3 is 2.66 bits per heavy atom. The van der Waals surface area contributed by atoms with Gasteiger partial charge in [0.25, 0.3) is 0 Å². The second-order valence-electron chi connectivity index (χ2n) is 7.59. The van der Waals surface area contributed by atoms with Crippen LogP contribution in [0.4, 0.5) is 34.8 Å². The average Bonchev–Trinajstić information content (AvgIpc) is 3.24. The number of phenolic OH excluding ortho intramolecular Hbond substituents is 1. The van der Waals surface area contributed by atoms with Gasteiger partial charge in [0.2, 0.25) is 11.8 Å². The van der Waals surface area contributed by atoms with Crippen LogP contribution in [0.1, 0.15) is 16.7 Å². The number of nitrogens with zero attached hydrogens (tertiary/aromatic N) is 7. The summed E-state index contributed by atoms with van der Waals surface area (Å²) < 4.78 is 6.63. The Labute approximate surface area is 203 Å². The molecule has 0 saturated heterocycles. The first-order valence-electron chi connectivity index (χ1n) is 10.9. The molecule has 3 rings (SSSR count). The number of methoxy groups -OCH3 is 1. The fourth-order valence-electron chi connectivity index (χ4n) is 3.25. The molecular weight excluding hydrogens is 450 g/mol. The molecule has 1 aromatic carbocycles. The van der Waals surface area contributed by atoms with Crippen molar-refractivity contribution in [2.24, 2.45) is 16.0 Å². The van der Waals surface area contributed by atoms with Crippen molar-refractivity contribution in [2.45, 2.75) is 20.4 Å². The van der Waals surface area contributed by atoms with Gasteiger partial charge in [-0.1, -0.05) is 6.07 Å². The number of hydrogen-bond donors (Lipinski definition) is 5. The highest BCUT2D eigenvalue weighted by atomic mass is 16.5. The third-order valence-corrected chi connectivity index (χ3v) is 4.88. The van der Waals surface area contributed by atoms with Gasteiger partial charge in [0, 0.05) is 33.4 Å². The summed E-state index contributed by atoms with van der Waals surface area (Å²) in [7, 11) is 3.27. The molecule has 6 N–H and O–H groups in total. The number of benzene rings is 1. The molecule has 0 spiro atoms. The lowest BCUT2D eigenvalue weighted by atomic mass is 10.1. The Balaban J connectivity index is 2.10. The number of anilines is 4. The van der Waals surface area contributed by atoms with Gasteiger partial charge in [-0.2, -0.15) is 15.2 Å². The Hall–Kier alpha value is -4.28. The minimum absolute atomic E-state index is 0.0649. The molecule has 2 heterocycles. The van der Waals surface area contributed by atoms with E-state index in [-0.39, 0.29) is 28.6 Å². The lowest BCUT2D eigenvalue weighted by molar-refractivity contribution is 0.183. The molecule has 13 nitrogen and oxygen atoms in total. The first kappa shape index (κ1) is 25.3. The van der Waals surface area contributed by atoms with Gasteiger partial charge in [-0.05, 0) is 31.0 Å². The molecule has 0 fully saturated rings. The van der Waals surface area contributed by atoms with Crippen LogP contribution in [0.25, 0.3) is 0 Å². The normalized spacial score (nSPS) is 11.0. The molecule has 0 saturated carbocycles. The number of aromatic hydroxyl groups is 1. The number of nitrogens with one attached hydrogen (secondary N) is 3. The number of nitrogens with two attached hydrogens (primary N) is 1. The smallest absolute Gasteiger partial charge is 0.226 e. The molecule has 0 radical (unpaired) electrons. The van der Waals surface area contributed by atoms with Gasteiger partial charge in [-0.3, -0.25) is 4.68 Å². The van der Waals surface area contributed by atoms with Crippen molar-refractivity contribution in [3.63, 3.8) is 0 Å². The van der Waals surface area contributed by atoms with Crippen molar-refractivity contribution in [2.75, 3.05) is 49.8 Å². The zero-order chi connectivity index (χ0) is 25.4. The van der Waals surface area contributed by atoms with Gasteiger partial charge in [0.05, 0.1) is 18.8 Å². The standard InChI is InChI=1S/C22H29N11O2/c1-13-9-14(2)17(16(34)10-13)27-21-18(20(26-6-5-23)28-22(25-3)29-21)30-31-19-15(11-24)12-33(32-19)7-8-35-4/h9-10,12,34H,5-8,23H2,1-4H3,(H3,25,26,27,28,29)/b31-30-. The largest absolute Gasteiger partial charge is 0.506 e. The third-order valence-electron chi connectivity index (χ3n) is 4.88. The highest BCUT2D eigenvalue weighted by Crippen LogP contribution is 2.38. The van der Waals surface area contributed by atoms with Crippen LogP contribution in [0, 0.1) is 25.2 Å². The van der Waals surface area contributed by atoms with Gasteiger partial charge in [-0.15, -0.1) is 15.3 Å². The third kappa shape index (κ3) is 6.19. The summed E-state index contributed by atoms with van der Waals surface area (Å²) in [4.78, 5) is 8.92. The molecule has 0 bridgehead atoms. The van der Waals surface area contributed by atoms with Crippen molar-refractivity contribution in [3.05, 3.63) is 35.0 Å². The molecule has 2 aromatic heterocycles. The fourth-order valence-corrected chi connectivity index (χ4v) is 3.25. The molecular formula is C22H29N11O2. The molecule has 0 atom stereocenters. The van der Waals surface area contributed by atoms with Gasteiger partial charge >= 0.3 is 0 Å². The van der Waals surface area contributed by atoms with E-state index in [4.69, 9.17) is 10.5 Å². The number of rotatable bonds is 11. The number of hydrogen-bond acceptors (Lipinski definition) is 12. The van der Waals surface area contributed by atoms with Crippen molar-refractivity contribution in [1.82, 2.24) is 19.7 Å². The van der Waals surface area contributed by atoms with Gasteiger partial charge in [0.15, 0.2) is 17.3 Å². The zero-order valence-electron chi connectivity index (χ0n) is 20.1. The zero-order valence-corrected chi connectivity index (χ0v) is 20.1. The van der Waals surface area contributed by atoms with E-state index in [0.29, 0.717) is 43.7 Å². The topological polar surface area (TPSA) is 184 Å². The van der Waals surface area contributed by atoms with E-state index in [1.54, 1.807) is 31.1 Å². The number of aromatic nitrogens is 4. The number of azo groups is 1. The molecule has 3 aromatic rings.